The molecule has 0 aliphatic carbocycles. The Morgan fingerprint density at radius 1 is 1.44 bits per heavy atom. The van der Waals surface area contributed by atoms with Crippen molar-refractivity contribution in [3.05, 3.63) is 30.1 Å². The van der Waals surface area contributed by atoms with Crippen molar-refractivity contribution in [2.45, 2.75) is 25.8 Å². The molecule has 5 heteroatoms. The number of amides is 2. The van der Waals surface area contributed by atoms with Crippen LogP contribution in [0.2, 0.25) is 0 Å². The van der Waals surface area contributed by atoms with Crippen molar-refractivity contribution < 1.29 is 14.0 Å². The molecule has 4 nitrogen and oxygen atoms in total. The molecule has 0 spiro atoms. The van der Waals surface area contributed by atoms with E-state index in [9.17, 15) is 14.0 Å². The zero-order valence-corrected chi connectivity index (χ0v) is 10.4. The van der Waals surface area contributed by atoms with Crippen LogP contribution < -0.4 is 10.2 Å². The second-order valence-electron chi connectivity index (χ2n) is 4.61. The maximum atomic E-state index is 13.2. The number of nitrogens with zero attached hydrogens (tertiary/aromatic N) is 1. The standard InChI is InChI=1S/C13H15FN2O2/c1-3-13(2)12(18)16(8-11(17)15-13)10-6-4-5-9(14)7-10/h4-7H,3,8H2,1-2H3,(H,15,17). The molecule has 0 radical (unpaired) electrons. The fraction of sp³-hybridized carbons (Fsp3) is 0.385. The Balaban J connectivity index is 2.38. The zero-order chi connectivity index (χ0) is 13.3. The minimum absolute atomic E-state index is 0.0716. The van der Waals surface area contributed by atoms with Crippen LogP contribution in [0, 0.1) is 5.82 Å². The van der Waals surface area contributed by atoms with Gasteiger partial charge in [-0.2, -0.15) is 0 Å². The van der Waals surface area contributed by atoms with Gasteiger partial charge in [0.15, 0.2) is 0 Å². The first kappa shape index (κ1) is 12.5. The molecule has 0 saturated carbocycles. The summed E-state index contributed by atoms with van der Waals surface area (Å²) >= 11 is 0. The van der Waals surface area contributed by atoms with Gasteiger partial charge in [0.05, 0.1) is 0 Å². The van der Waals surface area contributed by atoms with Crippen molar-refractivity contribution in [1.29, 1.82) is 0 Å². The van der Waals surface area contributed by atoms with Crippen molar-refractivity contribution >= 4 is 17.5 Å². The second-order valence-corrected chi connectivity index (χ2v) is 4.61. The minimum atomic E-state index is -0.915. The van der Waals surface area contributed by atoms with Crippen molar-refractivity contribution in [1.82, 2.24) is 5.32 Å². The Labute approximate surface area is 105 Å². The molecule has 96 valence electrons. The lowest BCUT2D eigenvalue weighted by molar-refractivity contribution is -0.135. The number of nitrogens with one attached hydrogen (secondary N) is 1. The molecule has 1 aromatic carbocycles. The van der Waals surface area contributed by atoms with E-state index in [-0.39, 0.29) is 18.4 Å². The van der Waals surface area contributed by atoms with E-state index in [0.29, 0.717) is 12.1 Å². The van der Waals surface area contributed by atoms with Gasteiger partial charge in [-0.05, 0) is 31.5 Å². The van der Waals surface area contributed by atoms with Crippen LogP contribution in [-0.2, 0) is 9.59 Å². The number of benzene rings is 1. The van der Waals surface area contributed by atoms with Crippen LogP contribution in [0.5, 0.6) is 0 Å². The molecule has 2 amide bonds. The van der Waals surface area contributed by atoms with E-state index >= 15 is 0 Å². The summed E-state index contributed by atoms with van der Waals surface area (Å²) in [5, 5.41) is 2.68. The molecule has 1 N–H and O–H groups in total. The molecule has 1 fully saturated rings. The van der Waals surface area contributed by atoms with Gasteiger partial charge in [-0.15, -0.1) is 0 Å². The molecule has 2 rings (SSSR count). The SMILES string of the molecule is CCC1(C)NC(=O)CN(c2cccc(F)c2)C1=O. The van der Waals surface area contributed by atoms with Gasteiger partial charge in [0.1, 0.15) is 17.9 Å². The van der Waals surface area contributed by atoms with E-state index in [4.69, 9.17) is 0 Å². The van der Waals surface area contributed by atoms with Crippen LogP contribution in [0.15, 0.2) is 24.3 Å². The summed E-state index contributed by atoms with van der Waals surface area (Å²) in [4.78, 5) is 25.3. The Bertz CT molecular complexity index is 504. The van der Waals surface area contributed by atoms with Crippen LogP contribution in [0.25, 0.3) is 0 Å². The molecule has 0 bridgehead atoms. The molecule has 1 aromatic rings. The smallest absolute Gasteiger partial charge is 0.252 e. The third-order valence-corrected chi connectivity index (χ3v) is 3.26. The molecule has 1 unspecified atom stereocenters. The monoisotopic (exact) mass is 250 g/mol. The molecular formula is C13H15FN2O2. The lowest BCUT2D eigenvalue weighted by Gasteiger charge is -2.39. The fourth-order valence-corrected chi connectivity index (χ4v) is 2.01. The number of halogens is 1. The van der Waals surface area contributed by atoms with E-state index in [2.05, 4.69) is 5.32 Å². The predicted octanol–water partition coefficient (Wildman–Crippen LogP) is 1.46. The number of anilines is 1. The lowest BCUT2D eigenvalue weighted by atomic mass is 9.94. The van der Waals surface area contributed by atoms with Crippen molar-refractivity contribution in [3.8, 4) is 0 Å². The average Bonchev–Trinajstić information content (AvgIpc) is 2.34. The Morgan fingerprint density at radius 2 is 2.17 bits per heavy atom. The van der Waals surface area contributed by atoms with Crippen LogP contribution in [0.4, 0.5) is 10.1 Å². The van der Waals surface area contributed by atoms with E-state index < -0.39 is 11.4 Å². The second kappa shape index (κ2) is 4.40. The predicted molar refractivity (Wildman–Crippen MR) is 65.6 cm³/mol. The van der Waals surface area contributed by atoms with Gasteiger partial charge < -0.3 is 10.2 Å². The molecular weight excluding hydrogens is 235 g/mol. The Hall–Kier alpha value is -1.91. The lowest BCUT2D eigenvalue weighted by Crippen LogP contribution is -2.65. The topological polar surface area (TPSA) is 49.4 Å². The fourth-order valence-electron chi connectivity index (χ4n) is 2.01. The van der Waals surface area contributed by atoms with Gasteiger partial charge >= 0.3 is 0 Å². The molecule has 1 atom stereocenters. The van der Waals surface area contributed by atoms with Crippen molar-refractivity contribution in [2.75, 3.05) is 11.4 Å². The summed E-state index contributed by atoms with van der Waals surface area (Å²) in [6.45, 7) is 3.43. The number of rotatable bonds is 2. The van der Waals surface area contributed by atoms with E-state index in [0.717, 1.165) is 0 Å². The van der Waals surface area contributed by atoms with Gasteiger partial charge in [0.25, 0.3) is 5.91 Å². The average molecular weight is 250 g/mol. The quantitative estimate of drug-likeness (QED) is 0.863. The van der Waals surface area contributed by atoms with Crippen molar-refractivity contribution in [3.63, 3.8) is 0 Å². The highest BCUT2D eigenvalue weighted by molar-refractivity contribution is 6.08. The number of hydrogen-bond donors (Lipinski definition) is 1. The summed E-state index contributed by atoms with van der Waals surface area (Å²) in [6, 6.07) is 5.70. The Kier molecular flexibility index (Phi) is 3.07. The van der Waals surface area contributed by atoms with E-state index in [1.54, 1.807) is 13.0 Å². The summed E-state index contributed by atoms with van der Waals surface area (Å²) in [5.41, 5.74) is -0.503. The van der Waals surface area contributed by atoms with Gasteiger partial charge in [-0.1, -0.05) is 13.0 Å². The molecule has 18 heavy (non-hydrogen) atoms. The minimum Gasteiger partial charge on any atom is -0.340 e. The number of carbonyl (C=O) groups excluding carboxylic acids is 2. The molecule has 1 aliphatic heterocycles. The normalized spacial score (nSPS) is 24.1. The van der Waals surface area contributed by atoms with Gasteiger partial charge in [0.2, 0.25) is 5.91 Å². The summed E-state index contributed by atoms with van der Waals surface area (Å²) in [6.07, 6.45) is 0.489. The number of hydrogen-bond acceptors (Lipinski definition) is 2. The first-order chi connectivity index (χ1) is 8.46. The summed E-state index contributed by atoms with van der Waals surface area (Å²) in [5.74, 6) is -0.872. The largest absolute Gasteiger partial charge is 0.340 e. The van der Waals surface area contributed by atoms with E-state index in [1.807, 2.05) is 6.92 Å². The first-order valence-electron chi connectivity index (χ1n) is 5.85. The van der Waals surface area contributed by atoms with E-state index in [1.165, 1.54) is 23.1 Å². The molecule has 0 aromatic heterocycles. The maximum absolute atomic E-state index is 13.2. The highest BCUT2D eigenvalue weighted by Gasteiger charge is 2.42. The van der Waals surface area contributed by atoms with Crippen LogP contribution >= 0.6 is 0 Å². The summed E-state index contributed by atoms with van der Waals surface area (Å²) in [7, 11) is 0. The van der Waals surface area contributed by atoms with Crippen LogP contribution in [0.3, 0.4) is 0 Å². The molecule has 1 saturated heterocycles. The first-order valence-corrected chi connectivity index (χ1v) is 5.85. The van der Waals surface area contributed by atoms with Gasteiger partial charge in [0, 0.05) is 5.69 Å². The van der Waals surface area contributed by atoms with Gasteiger partial charge in [-0.25, -0.2) is 4.39 Å². The van der Waals surface area contributed by atoms with Crippen LogP contribution in [0.1, 0.15) is 20.3 Å². The van der Waals surface area contributed by atoms with Crippen LogP contribution in [-0.4, -0.2) is 23.9 Å². The maximum Gasteiger partial charge on any atom is 0.252 e. The zero-order valence-electron chi connectivity index (χ0n) is 10.4. The summed E-state index contributed by atoms with van der Waals surface area (Å²) < 4.78 is 13.2. The molecule has 1 aliphatic rings. The number of piperazine rings is 1. The molecule has 1 heterocycles. The van der Waals surface area contributed by atoms with Gasteiger partial charge in [-0.3, -0.25) is 9.59 Å². The third kappa shape index (κ3) is 2.08. The highest BCUT2D eigenvalue weighted by atomic mass is 19.1. The third-order valence-electron chi connectivity index (χ3n) is 3.26. The van der Waals surface area contributed by atoms with Crippen molar-refractivity contribution in [2.24, 2.45) is 0 Å². The highest BCUT2D eigenvalue weighted by Crippen LogP contribution is 2.24. The Morgan fingerprint density at radius 3 is 2.78 bits per heavy atom. The number of carbonyl (C=O) groups is 2.